The summed E-state index contributed by atoms with van der Waals surface area (Å²) < 4.78 is 5.88. The fourth-order valence-corrected chi connectivity index (χ4v) is 3.39. The van der Waals surface area contributed by atoms with Crippen molar-refractivity contribution in [3.05, 3.63) is 65.7 Å². The van der Waals surface area contributed by atoms with Gasteiger partial charge in [-0.2, -0.15) is 5.26 Å². The van der Waals surface area contributed by atoms with Crippen LogP contribution in [0.3, 0.4) is 0 Å². The van der Waals surface area contributed by atoms with E-state index in [-0.39, 0.29) is 5.89 Å². The van der Waals surface area contributed by atoms with Gasteiger partial charge in [-0.05, 0) is 58.6 Å². The molecule has 0 N–H and O–H groups in total. The van der Waals surface area contributed by atoms with Crippen LogP contribution in [-0.4, -0.2) is 50.7 Å². The molecule has 160 valence electrons. The Hall–Kier alpha value is -3.96. The lowest BCUT2D eigenvalue weighted by molar-refractivity contribution is 0.399. The molecule has 32 heavy (non-hydrogen) atoms. The first-order valence-corrected chi connectivity index (χ1v) is 10.3. The number of aromatic nitrogens is 5. The first-order valence-electron chi connectivity index (χ1n) is 10.3. The number of hydrogen-bond acceptors (Lipinski definition) is 8. The van der Waals surface area contributed by atoms with E-state index in [0.29, 0.717) is 40.5 Å². The SMILES string of the molecule is Cc1ncc(-c2ccnc(CCCN(C)C)c2C#N)nc1-c1nnc(-c2ccccc2)o1. The molecule has 0 saturated carbocycles. The molecule has 1 aromatic carbocycles. The van der Waals surface area contributed by atoms with Crippen molar-refractivity contribution in [2.75, 3.05) is 20.6 Å². The van der Waals surface area contributed by atoms with Crippen molar-refractivity contribution in [1.29, 1.82) is 5.26 Å². The van der Waals surface area contributed by atoms with Crippen molar-refractivity contribution in [2.45, 2.75) is 19.8 Å². The Morgan fingerprint density at radius 1 is 1.03 bits per heavy atom. The zero-order valence-electron chi connectivity index (χ0n) is 18.3. The minimum absolute atomic E-state index is 0.287. The summed E-state index contributed by atoms with van der Waals surface area (Å²) in [4.78, 5) is 15.8. The molecule has 8 heteroatoms. The predicted molar refractivity (Wildman–Crippen MR) is 120 cm³/mol. The quantitative estimate of drug-likeness (QED) is 0.439. The van der Waals surface area contributed by atoms with Crippen molar-refractivity contribution >= 4 is 0 Å². The van der Waals surface area contributed by atoms with Gasteiger partial charge >= 0.3 is 0 Å². The van der Waals surface area contributed by atoms with Gasteiger partial charge in [-0.25, -0.2) is 4.98 Å². The molecule has 0 aliphatic heterocycles. The summed E-state index contributed by atoms with van der Waals surface area (Å²) in [5.41, 5.74) is 4.53. The van der Waals surface area contributed by atoms with Crippen molar-refractivity contribution < 1.29 is 4.42 Å². The van der Waals surface area contributed by atoms with E-state index in [2.05, 4.69) is 31.1 Å². The third-order valence-electron chi connectivity index (χ3n) is 5.04. The van der Waals surface area contributed by atoms with E-state index in [9.17, 15) is 5.26 Å². The van der Waals surface area contributed by atoms with Crippen LogP contribution in [0.2, 0.25) is 0 Å². The molecule has 0 amide bonds. The van der Waals surface area contributed by atoms with Gasteiger partial charge in [0.1, 0.15) is 11.8 Å². The summed E-state index contributed by atoms with van der Waals surface area (Å²) in [6, 6.07) is 13.7. The van der Waals surface area contributed by atoms with E-state index in [4.69, 9.17) is 9.40 Å². The van der Waals surface area contributed by atoms with Gasteiger partial charge in [-0.15, -0.1) is 10.2 Å². The smallest absolute Gasteiger partial charge is 0.268 e. The lowest BCUT2D eigenvalue weighted by Gasteiger charge is -2.11. The van der Waals surface area contributed by atoms with Crippen LogP contribution in [-0.2, 0) is 6.42 Å². The summed E-state index contributed by atoms with van der Waals surface area (Å²) in [6.45, 7) is 2.76. The molecular formula is C24H23N7O. The number of nitrogens with zero attached hydrogens (tertiary/aromatic N) is 7. The first kappa shape index (κ1) is 21.3. The topological polar surface area (TPSA) is 105 Å². The molecular weight excluding hydrogens is 402 g/mol. The fraction of sp³-hybridized carbons (Fsp3) is 0.250. The van der Waals surface area contributed by atoms with Crippen LogP contribution in [0.4, 0.5) is 0 Å². The second-order valence-electron chi connectivity index (χ2n) is 7.67. The molecule has 4 rings (SSSR count). The van der Waals surface area contributed by atoms with Crippen LogP contribution < -0.4 is 0 Å². The highest BCUT2D eigenvalue weighted by Crippen LogP contribution is 2.28. The second kappa shape index (κ2) is 9.45. The third kappa shape index (κ3) is 4.53. The van der Waals surface area contributed by atoms with E-state index in [1.807, 2.05) is 51.4 Å². The Morgan fingerprint density at radius 2 is 1.81 bits per heavy atom. The van der Waals surface area contributed by atoms with E-state index >= 15 is 0 Å². The molecule has 0 spiro atoms. The van der Waals surface area contributed by atoms with Crippen molar-refractivity contribution in [3.8, 4) is 40.4 Å². The Labute approximate surface area is 186 Å². The average Bonchev–Trinajstić information content (AvgIpc) is 3.30. The highest BCUT2D eigenvalue weighted by molar-refractivity contribution is 5.69. The van der Waals surface area contributed by atoms with Gasteiger partial charge in [0.05, 0.1) is 28.8 Å². The van der Waals surface area contributed by atoms with Crippen LogP contribution >= 0.6 is 0 Å². The Bertz CT molecular complexity index is 1260. The minimum Gasteiger partial charge on any atom is -0.415 e. The van der Waals surface area contributed by atoms with Crippen LogP contribution in [0.25, 0.3) is 34.3 Å². The van der Waals surface area contributed by atoms with Crippen LogP contribution in [0.1, 0.15) is 23.4 Å². The number of rotatable bonds is 7. The van der Waals surface area contributed by atoms with E-state index in [1.54, 1.807) is 18.5 Å². The van der Waals surface area contributed by atoms with Crippen LogP contribution in [0.15, 0.2) is 53.2 Å². The molecule has 0 aliphatic carbocycles. The standard InChI is InChI=1S/C24H23N7O/c1-16-22(24-30-29-23(32-24)17-8-5-4-6-9-17)28-21(15-27-16)18-11-12-26-20(19(18)14-25)10-7-13-31(2)3/h4-6,8-9,11-12,15H,7,10,13H2,1-3H3. The Morgan fingerprint density at radius 3 is 2.56 bits per heavy atom. The van der Waals surface area contributed by atoms with Crippen molar-refractivity contribution in [3.63, 3.8) is 0 Å². The number of nitriles is 1. The Kier molecular flexibility index (Phi) is 6.29. The lowest BCUT2D eigenvalue weighted by atomic mass is 10.0. The number of hydrogen-bond donors (Lipinski definition) is 0. The highest BCUT2D eigenvalue weighted by atomic mass is 16.4. The van der Waals surface area contributed by atoms with Crippen LogP contribution in [0, 0.1) is 18.3 Å². The molecule has 0 unspecified atom stereocenters. The molecule has 0 bridgehead atoms. The van der Waals surface area contributed by atoms with Gasteiger partial charge in [0.2, 0.25) is 5.89 Å². The second-order valence-corrected chi connectivity index (χ2v) is 7.67. The Balaban J connectivity index is 1.69. The average molecular weight is 425 g/mol. The van der Waals surface area contributed by atoms with Gasteiger partial charge in [0, 0.05) is 17.3 Å². The fourth-order valence-electron chi connectivity index (χ4n) is 3.39. The maximum absolute atomic E-state index is 9.85. The number of benzene rings is 1. The normalized spacial score (nSPS) is 11.0. The lowest BCUT2D eigenvalue weighted by Crippen LogP contribution is -2.14. The van der Waals surface area contributed by atoms with Gasteiger partial charge in [-0.1, -0.05) is 18.2 Å². The predicted octanol–water partition coefficient (Wildman–Crippen LogP) is 3.93. The molecule has 0 saturated heterocycles. The zero-order valence-corrected chi connectivity index (χ0v) is 18.3. The zero-order chi connectivity index (χ0) is 22.5. The summed E-state index contributed by atoms with van der Waals surface area (Å²) >= 11 is 0. The summed E-state index contributed by atoms with van der Waals surface area (Å²) in [6.07, 6.45) is 4.99. The van der Waals surface area contributed by atoms with E-state index < -0.39 is 0 Å². The molecule has 4 aromatic rings. The first-order chi connectivity index (χ1) is 15.6. The van der Waals surface area contributed by atoms with Gasteiger partial charge in [0.25, 0.3) is 5.89 Å². The minimum atomic E-state index is 0.287. The van der Waals surface area contributed by atoms with Gasteiger partial charge in [-0.3, -0.25) is 9.97 Å². The number of pyridine rings is 1. The molecule has 0 atom stereocenters. The maximum Gasteiger partial charge on any atom is 0.268 e. The number of aryl methyl sites for hydroxylation is 2. The summed E-state index contributed by atoms with van der Waals surface area (Å²) in [7, 11) is 4.05. The van der Waals surface area contributed by atoms with E-state index in [1.165, 1.54) is 0 Å². The van der Waals surface area contributed by atoms with Crippen molar-refractivity contribution in [2.24, 2.45) is 0 Å². The molecule has 0 fully saturated rings. The third-order valence-corrected chi connectivity index (χ3v) is 5.04. The van der Waals surface area contributed by atoms with Gasteiger partial charge < -0.3 is 9.32 Å². The summed E-state index contributed by atoms with van der Waals surface area (Å²) in [5, 5.41) is 18.2. The molecule has 0 radical (unpaired) electrons. The highest BCUT2D eigenvalue weighted by Gasteiger charge is 2.18. The molecule has 3 aromatic heterocycles. The largest absolute Gasteiger partial charge is 0.415 e. The van der Waals surface area contributed by atoms with E-state index in [0.717, 1.165) is 24.2 Å². The van der Waals surface area contributed by atoms with Crippen molar-refractivity contribution in [1.82, 2.24) is 30.0 Å². The summed E-state index contributed by atoms with van der Waals surface area (Å²) in [5.74, 6) is 0.700. The van der Waals surface area contributed by atoms with Crippen LogP contribution in [0.5, 0.6) is 0 Å². The maximum atomic E-state index is 9.85. The monoisotopic (exact) mass is 425 g/mol. The molecule has 8 nitrogen and oxygen atoms in total. The molecule has 3 heterocycles. The van der Waals surface area contributed by atoms with Gasteiger partial charge in [0.15, 0.2) is 0 Å². The molecule has 0 aliphatic rings.